The first-order valence-electron chi connectivity index (χ1n) is 5.20. The maximum Gasteiger partial charge on any atom is 0.254 e. The van der Waals surface area contributed by atoms with Crippen LogP contribution in [0.3, 0.4) is 0 Å². The minimum atomic E-state index is -0.650. The van der Waals surface area contributed by atoms with Crippen LogP contribution in [-0.4, -0.2) is 37.2 Å². The highest BCUT2D eigenvalue weighted by Crippen LogP contribution is 2.15. The minimum Gasteiger partial charge on any atom is -0.382 e. The standard InChI is InChI=1S/C10H19N3O2/c1-5-10(6-15-4)8(14)12-9(13-10)11-7(2)3/h7H,5-6H2,1-4H3,(H2,11,12,13,14). The Morgan fingerprint density at radius 1 is 1.53 bits per heavy atom. The summed E-state index contributed by atoms with van der Waals surface area (Å²) >= 11 is 0. The molecule has 0 aromatic heterocycles. The summed E-state index contributed by atoms with van der Waals surface area (Å²) in [6.07, 6.45) is 0.670. The van der Waals surface area contributed by atoms with E-state index in [9.17, 15) is 4.79 Å². The normalized spacial score (nSPS) is 28.3. The van der Waals surface area contributed by atoms with Crippen LogP contribution in [0.15, 0.2) is 4.99 Å². The van der Waals surface area contributed by atoms with Crippen molar-refractivity contribution in [3.05, 3.63) is 0 Å². The molecule has 1 unspecified atom stereocenters. The lowest BCUT2D eigenvalue weighted by molar-refractivity contribution is -0.125. The zero-order valence-electron chi connectivity index (χ0n) is 9.76. The zero-order chi connectivity index (χ0) is 11.5. The lowest BCUT2D eigenvalue weighted by Crippen LogP contribution is -2.50. The lowest BCUT2D eigenvalue weighted by Gasteiger charge is -2.23. The summed E-state index contributed by atoms with van der Waals surface area (Å²) in [7, 11) is 1.59. The van der Waals surface area contributed by atoms with E-state index >= 15 is 0 Å². The van der Waals surface area contributed by atoms with Crippen molar-refractivity contribution in [1.82, 2.24) is 10.6 Å². The second-order valence-electron chi connectivity index (χ2n) is 4.02. The highest BCUT2D eigenvalue weighted by molar-refractivity contribution is 6.09. The Bertz CT molecular complexity index is 276. The predicted octanol–water partition coefficient (Wildman–Crippen LogP) is 0.265. The number of hydrogen-bond donors (Lipinski definition) is 2. The molecular formula is C10H19N3O2. The van der Waals surface area contributed by atoms with Crippen molar-refractivity contribution < 1.29 is 9.53 Å². The fraction of sp³-hybridized carbons (Fsp3) is 0.800. The number of nitrogens with one attached hydrogen (secondary N) is 2. The van der Waals surface area contributed by atoms with Crippen molar-refractivity contribution in [2.45, 2.75) is 38.8 Å². The molecule has 15 heavy (non-hydrogen) atoms. The molecule has 0 bridgehead atoms. The number of hydrogen-bond acceptors (Lipinski definition) is 3. The van der Waals surface area contributed by atoms with E-state index in [0.717, 1.165) is 0 Å². The van der Waals surface area contributed by atoms with E-state index in [2.05, 4.69) is 15.6 Å². The molecular weight excluding hydrogens is 194 g/mol. The summed E-state index contributed by atoms with van der Waals surface area (Å²) in [4.78, 5) is 16.0. The molecule has 1 aliphatic rings. The number of carbonyl (C=O) groups is 1. The Labute approximate surface area is 90.3 Å². The third kappa shape index (κ3) is 2.47. The fourth-order valence-electron chi connectivity index (χ4n) is 1.56. The second-order valence-corrected chi connectivity index (χ2v) is 4.02. The average molecular weight is 213 g/mol. The van der Waals surface area contributed by atoms with Gasteiger partial charge in [0.2, 0.25) is 0 Å². The Kier molecular flexibility index (Phi) is 3.68. The number of guanidine groups is 1. The van der Waals surface area contributed by atoms with Crippen LogP contribution in [-0.2, 0) is 9.53 Å². The topological polar surface area (TPSA) is 62.7 Å². The molecule has 2 N–H and O–H groups in total. The molecule has 5 heteroatoms. The van der Waals surface area contributed by atoms with Crippen molar-refractivity contribution in [3.8, 4) is 0 Å². The van der Waals surface area contributed by atoms with Gasteiger partial charge in [0.25, 0.3) is 5.91 Å². The molecule has 1 fully saturated rings. The lowest BCUT2D eigenvalue weighted by atomic mass is 9.98. The number of methoxy groups -OCH3 is 1. The summed E-state index contributed by atoms with van der Waals surface area (Å²) in [5.41, 5.74) is -0.650. The smallest absolute Gasteiger partial charge is 0.254 e. The molecule has 0 aliphatic carbocycles. The Morgan fingerprint density at radius 3 is 2.67 bits per heavy atom. The van der Waals surface area contributed by atoms with Crippen LogP contribution in [0.5, 0.6) is 0 Å². The average Bonchev–Trinajstić information content (AvgIpc) is 2.43. The van der Waals surface area contributed by atoms with E-state index in [1.807, 2.05) is 20.8 Å². The molecule has 1 aliphatic heterocycles. The molecule has 86 valence electrons. The van der Waals surface area contributed by atoms with E-state index in [-0.39, 0.29) is 11.9 Å². The van der Waals surface area contributed by atoms with E-state index in [1.54, 1.807) is 7.11 Å². The van der Waals surface area contributed by atoms with Gasteiger partial charge in [-0.05, 0) is 20.3 Å². The summed E-state index contributed by atoms with van der Waals surface area (Å²) in [5, 5.41) is 5.83. The maximum atomic E-state index is 11.8. The molecule has 0 saturated carbocycles. The summed E-state index contributed by atoms with van der Waals surface area (Å²) in [6, 6.07) is 0.156. The third-order valence-corrected chi connectivity index (χ3v) is 2.41. The number of nitrogens with zero attached hydrogens (tertiary/aromatic N) is 1. The van der Waals surface area contributed by atoms with E-state index in [4.69, 9.17) is 4.74 Å². The van der Waals surface area contributed by atoms with E-state index < -0.39 is 5.54 Å². The van der Waals surface area contributed by atoms with Crippen molar-refractivity contribution in [3.63, 3.8) is 0 Å². The van der Waals surface area contributed by atoms with Crippen LogP contribution in [0.4, 0.5) is 0 Å². The molecule has 5 nitrogen and oxygen atoms in total. The SMILES string of the molecule is CCC1(COC)NC(=NC(C)C)NC1=O. The maximum absolute atomic E-state index is 11.8. The van der Waals surface area contributed by atoms with Gasteiger partial charge in [-0.2, -0.15) is 0 Å². The summed E-state index contributed by atoms with van der Waals surface area (Å²) < 4.78 is 5.07. The largest absolute Gasteiger partial charge is 0.382 e. The molecule has 1 atom stereocenters. The van der Waals surface area contributed by atoms with Crippen LogP contribution in [0.1, 0.15) is 27.2 Å². The van der Waals surface area contributed by atoms with Crippen molar-refractivity contribution in [2.75, 3.05) is 13.7 Å². The van der Waals surface area contributed by atoms with Crippen molar-refractivity contribution >= 4 is 11.9 Å². The van der Waals surface area contributed by atoms with Gasteiger partial charge in [0, 0.05) is 13.2 Å². The Morgan fingerprint density at radius 2 is 2.20 bits per heavy atom. The van der Waals surface area contributed by atoms with Gasteiger partial charge in [0.1, 0.15) is 5.54 Å². The van der Waals surface area contributed by atoms with Crippen LogP contribution < -0.4 is 10.6 Å². The first kappa shape index (κ1) is 12.0. The molecule has 1 rings (SSSR count). The first-order chi connectivity index (χ1) is 7.04. The van der Waals surface area contributed by atoms with Gasteiger partial charge >= 0.3 is 0 Å². The molecule has 0 radical (unpaired) electrons. The van der Waals surface area contributed by atoms with Gasteiger partial charge < -0.3 is 10.1 Å². The Balaban J connectivity index is 2.81. The van der Waals surface area contributed by atoms with Crippen molar-refractivity contribution in [2.24, 2.45) is 4.99 Å². The van der Waals surface area contributed by atoms with Crippen LogP contribution in [0.25, 0.3) is 0 Å². The zero-order valence-corrected chi connectivity index (χ0v) is 9.76. The van der Waals surface area contributed by atoms with Gasteiger partial charge in [-0.3, -0.25) is 15.1 Å². The quantitative estimate of drug-likeness (QED) is 0.704. The monoisotopic (exact) mass is 213 g/mol. The number of carbonyl (C=O) groups excluding carboxylic acids is 1. The van der Waals surface area contributed by atoms with Gasteiger partial charge in [0.15, 0.2) is 5.96 Å². The van der Waals surface area contributed by atoms with Gasteiger partial charge in [-0.1, -0.05) is 6.92 Å². The molecule has 1 amide bonds. The molecule has 1 saturated heterocycles. The third-order valence-electron chi connectivity index (χ3n) is 2.41. The molecule has 0 aromatic rings. The second kappa shape index (κ2) is 4.61. The highest BCUT2D eigenvalue weighted by Gasteiger charge is 2.43. The molecule has 0 aromatic carbocycles. The van der Waals surface area contributed by atoms with Crippen LogP contribution in [0, 0.1) is 0 Å². The van der Waals surface area contributed by atoms with E-state index in [1.165, 1.54) is 0 Å². The molecule has 1 heterocycles. The highest BCUT2D eigenvalue weighted by atomic mass is 16.5. The fourth-order valence-corrected chi connectivity index (χ4v) is 1.56. The predicted molar refractivity (Wildman–Crippen MR) is 58.7 cm³/mol. The van der Waals surface area contributed by atoms with Crippen molar-refractivity contribution in [1.29, 1.82) is 0 Å². The number of aliphatic imine (C=N–C) groups is 1. The van der Waals surface area contributed by atoms with Crippen LogP contribution >= 0.6 is 0 Å². The van der Waals surface area contributed by atoms with Gasteiger partial charge in [-0.25, -0.2) is 0 Å². The first-order valence-corrected chi connectivity index (χ1v) is 5.20. The number of ether oxygens (including phenoxy) is 1. The summed E-state index contributed by atoms with van der Waals surface area (Å²) in [6.45, 7) is 6.22. The summed E-state index contributed by atoms with van der Waals surface area (Å²) in [5.74, 6) is 0.486. The number of amides is 1. The molecule has 0 spiro atoms. The van der Waals surface area contributed by atoms with Crippen LogP contribution in [0.2, 0.25) is 0 Å². The number of rotatable bonds is 4. The van der Waals surface area contributed by atoms with Gasteiger partial charge in [-0.15, -0.1) is 0 Å². The van der Waals surface area contributed by atoms with E-state index in [0.29, 0.717) is 19.0 Å². The minimum absolute atomic E-state index is 0.0637. The van der Waals surface area contributed by atoms with Gasteiger partial charge in [0.05, 0.1) is 6.61 Å². The Hall–Kier alpha value is -1.10.